The van der Waals surface area contributed by atoms with Crippen molar-refractivity contribution in [3.05, 3.63) is 71.8 Å². The molecule has 1 heterocycles. The first kappa shape index (κ1) is 20.3. The molecule has 0 saturated carbocycles. The number of rotatable bonds is 5. The van der Waals surface area contributed by atoms with Gasteiger partial charge in [0.15, 0.2) is 8.32 Å². The lowest BCUT2D eigenvalue weighted by molar-refractivity contribution is -0.329. The third kappa shape index (κ3) is 3.78. The van der Waals surface area contributed by atoms with Gasteiger partial charge in [-0.05, 0) is 36.2 Å². The molecule has 2 nitrogen and oxygen atoms in total. The Balaban J connectivity index is 2.08. The third-order valence-electron chi connectivity index (χ3n) is 5.62. The van der Waals surface area contributed by atoms with E-state index in [2.05, 4.69) is 108 Å². The summed E-state index contributed by atoms with van der Waals surface area (Å²) in [5, 5.41) is 0. The predicted molar refractivity (Wildman–Crippen MR) is 116 cm³/mol. The van der Waals surface area contributed by atoms with Crippen molar-refractivity contribution in [3.8, 4) is 0 Å². The SMILES string of the molecule is C[C@H](c1ccccc1)[C@H]1O[C@@H](c2ccccc2)[C@]1(O[Si](C)(C)C)C(C)(C)C. The minimum atomic E-state index is -1.82. The average Bonchev–Trinajstić information content (AvgIpc) is 2.58. The van der Waals surface area contributed by atoms with Crippen molar-refractivity contribution in [3.63, 3.8) is 0 Å². The zero-order valence-electron chi connectivity index (χ0n) is 17.8. The van der Waals surface area contributed by atoms with E-state index in [0.29, 0.717) is 0 Å². The molecule has 4 atom stereocenters. The first-order chi connectivity index (χ1) is 12.6. The van der Waals surface area contributed by atoms with Gasteiger partial charge in [0.25, 0.3) is 0 Å². The summed E-state index contributed by atoms with van der Waals surface area (Å²) in [5.41, 5.74) is 2.11. The topological polar surface area (TPSA) is 18.5 Å². The van der Waals surface area contributed by atoms with Crippen molar-refractivity contribution in [1.29, 1.82) is 0 Å². The fraction of sp³-hybridized carbons (Fsp3) is 0.500. The van der Waals surface area contributed by atoms with Crippen LogP contribution < -0.4 is 0 Å². The lowest BCUT2D eigenvalue weighted by Crippen LogP contribution is -2.72. The van der Waals surface area contributed by atoms with Gasteiger partial charge in [0.05, 0.1) is 6.10 Å². The van der Waals surface area contributed by atoms with E-state index in [4.69, 9.17) is 9.16 Å². The van der Waals surface area contributed by atoms with Crippen LogP contribution in [0.5, 0.6) is 0 Å². The van der Waals surface area contributed by atoms with Gasteiger partial charge in [0, 0.05) is 5.92 Å². The molecule has 1 saturated heterocycles. The highest BCUT2D eigenvalue weighted by Gasteiger charge is 2.66. The molecule has 0 unspecified atom stereocenters. The number of ether oxygens (including phenoxy) is 1. The standard InChI is InChI=1S/C24H34O2Si/c1-18(19-14-10-8-11-15-19)21-24(23(2,3)4,26-27(5,6)7)22(25-21)20-16-12-9-13-17-20/h8-18,21-22H,1-7H3/t18-,21-,22+,24+/m1/s1. The molecule has 146 valence electrons. The molecule has 27 heavy (non-hydrogen) atoms. The van der Waals surface area contributed by atoms with E-state index in [1.165, 1.54) is 11.1 Å². The average molecular weight is 383 g/mol. The van der Waals surface area contributed by atoms with Crippen molar-refractivity contribution in [2.45, 2.75) is 71.1 Å². The van der Waals surface area contributed by atoms with Crippen LogP contribution in [0.3, 0.4) is 0 Å². The fourth-order valence-electron chi connectivity index (χ4n) is 4.39. The highest BCUT2D eigenvalue weighted by atomic mass is 28.4. The van der Waals surface area contributed by atoms with E-state index in [1.807, 2.05) is 0 Å². The van der Waals surface area contributed by atoms with Crippen molar-refractivity contribution in [2.75, 3.05) is 0 Å². The zero-order chi connectivity index (χ0) is 19.9. The zero-order valence-corrected chi connectivity index (χ0v) is 18.8. The molecule has 0 N–H and O–H groups in total. The molecule has 3 heteroatoms. The van der Waals surface area contributed by atoms with Gasteiger partial charge in [0.2, 0.25) is 0 Å². The maximum absolute atomic E-state index is 7.06. The van der Waals surface area contributed by atoms with Gasteiger partial charge in [0.1, 0.15) is 11.7 Å². The summed E-state index contributed by atoms with van der Waals surface area (Å²) in [6.45, 7) is 16.0. The Morgan fingerprint density at radius 2 is 1.44 bits per heavy atom. The first-order valence-electron chi connectivity index (χ1n) is 10.0. The summed E-state index contributed by atoms with van der Waals surface area (Å²) >= 11 is 0. The van der Waals surface area contributed by atoms with Crippen LogP contribution in [0.1, 0.15) is 50.8 Å². The highest BCUT2D eigenvalue weighted by molar-refractivity contribution is 6.69. The van der Waals surface area contributed by atoms with E-state index in [0.717, 1.165) is 0 Å². The minimum Gasteiger partial charge on any atom is -0.406 e. The molecular weight excluding hydrogens is 348 g/mol. The molecule has 3 rings (SSSR count). The van der Waals surface area contributed by atoms with Crippen LogP contribution in [-0.4, -0.2) is 20.0 Å². The summed E-state index contributed by atoms with van der Waals surface area (Å²) < 4.78 is 13.7. The van der Waals surface area contributed by atoms with E-state index >= 15 is 0 Å². The second-order valence-corrected chi connectivity index (χ2v) is 14.2. The van der Waals surface area contributed by atoms with E-state index in [9.17, 15) is 0 Å². The van der Waals surface area contributed by atoms with E-state index < -0.39 is 8.32 Å². The van der Waals surface area contributed by atoms with Gasteiger partial charge in [-0.2, -0.15) is 0 Å². The van der Waals surface area contributed by atoms with Crippen molar-refractivity contribution < 1.29 is 9.16 Å². The second-order valence-electron chi connectivity index (χ2n) is 9.80. The maximum Gasteiger partial charge on any atom is 0.184 e. The van der Waals surface area contributed by atoms with Crippen LogP contribution in [0.2, 0.25) is 19.6 Å². The Morgan fingerprint density at radius 3 is 1.93 bits per heavy atom. The minimum absolute atomic E-state index is 0.0248. The van der Waals surface area contributed by atoms with E-state index in [1.54, 1.807) is 0 Å². The van der Waals surface area contributed by atoms with Crippen LogP contribution >= 0.6 is 0 Å². The Kier molecular flexibility index (Phi) is 5.41. The summed E-state index contributed by atoms with van der Waals surface area (Å²) in [6.07, 6.45) is -0.0154. The molecule has 0 bridgehead atoms. The monoisotopic (exact) mass is 382 g/mol. The van der Waals surface area contributed by atoms with Crippen molar-refractivity contribution in [1.82, 2.24) is 0 Å². The Morgan fingerprint density at radius 1 is 0.926 bits per heavy atom. The van der Waals surface area contributed by atoms with Crippen molar-refractivity contribution >= 4 is 8.32 Å². The molecule has 0 radical (unpaired) electrons. The van der Waals surface area contributed by atoms with Crippen LogP contribution in [-0.2, 0) is 9.16 Å². The van der Waals surface area contributed by atoms with Crippen LogP contribution in [0, 0.1) is 5.41 Å². The largest absolute Gasteiger partial charge is 0.406 e. The summed E-state index contributed by atoms with van der Waals surface area (Å²) in [7, 11) is -1.82. The number of hydrogen-bond acceptors (Lipinski definition) is 2. The van der Waals surface area contributed by atoms with Gasteiger partial charge in [-0.3, -0.25) is 0 Å². The summed E-state index contributed by atoms with van der Waals surface area (Å²) in [4.78, 5) is 0. The molecule has 1 fully saturated rings. The predicted octanol–water partition coefficient (Wildman–Crippen LogP) is 6.57. The van der Waals surface area contributed by atoms with Gasteiger partial charge in [-0.1, -0.05) is 88.4 Å². The Hall–Kier alpha value is -1.42. The molecule has 0 aliphatic carbocycles. The Labute approximate surface area is 166 Å². The van der Waals surface area contributed by atoms with Gasteiger partial charge >= 0.3 is 0 Å². The first-order valence-corrected chi connectivity index (χ1v) is 13.4. The quantitative estimate of drug-likeness (QED) is 0.545. The van der Waals surface area contributed by atoms with Crippen molar-refractivity contribution in [2.24, 2.45) is 5.41 Å². The van der Waals surface area contributed by atoms with Crippen LogP contribution in [0.4, 0.5) is 0 Å². The van der Waals surface area contributed by atoms with E-state index in [-0.39, 0.29) is 29.1 Å². The van der Waals surface area contributed by atoms with Gasteiger partial charge in [-0.15, -0.1) is 0 Å². The summed E-state index contributed by atoms with van der Waals surface area (Å²) in [5.74, 6) is 0.265. The second kappa shape index (κ2) is 7.19. The smallest absolute Gasteiger partial charge is 0.184 e. The van der Waals surface area contributed by atoms with Gasteiger partial charge in [-0.25, -0.2) is 0 Å². The summed E-state index contributed by atoms with van der Waals surface area (Å²) in [6, 6.07) is 21.3. The lowest BCUT2D eigenvalue weighted by atomic mass is 9.61. The number of hydrogen-bond donors (Lipinski definition) is 0. The molecule has 1 aliphatic heterocycles. The fourth-order valence-corrected chi connectivity index (χ4v) is 5.93. The molecule has 0 spiro atoms. The molecule has 1 aliphatic rings. The lowest BCUT2D eigenvalue weighted by Gasteiger charge is -2.65. The molecule has 0 aromatic heterocycles. The molecule has 2 aromatic carbocycles. The Bertz CT molecular complexity index is 745. The third-order valence-corrected chi connectivity index (χ3v) is 6.57. The normalized spacial score (nSPS) is 27.1. The van der Waals surface area contributed by atoms with Crippen LogP contribution in [0.15, 0.2) is 60.7 Å². The molecule has 2 aromatic rings. The van der Waals surface area contributed by atoms with Gasteiger partial charge < -0.3 is 9.16 Å². The molecular formula is C24H34O2Si. The number of benzene rings is 2. The molecule has 0 amide bonds. The highest BCUT2D eigenvalue weighted by Crippen LogP contribution is 2.60. The maximum atomic E-state index is 7.06. The van der Waals surface area contributed by atoms with Crippen LogP contribution in [0.25, 0.3) is 0 Å².